The normalized spacial score (nSPS) is 12.4. The molecule has 2 aromatic rings. The Morgan fingerprint density at radius 2 is 1.93 bits per heavy atom. The topological polar surface area (TPSA) is 57.2 Å². The molecule has 0 saturated heterocycles. The van der Waals surface area contributed by atoms with Gasteiger partial charge in [0.2, 0.25) is 5.49 Å². The van der Waals surface area contributed by atoms with Gasteiger partial charge in [-0.05, 0) is 0 Å². The van der Waals surface area contributed by atoms with E-state index in [-0.39, 0.29) is 0 Å². The highest BCUT2D eigenvalue weighted by atomic mass is 16.6. The summed E-state index contributed by atoms with van der Waals surface area (Å²) in [4.78, 5) is 13.2. The molecule has 0 N–H and O–H groups in total. The van der Waals surface area contributed by atoms with Crippen LogP contribution in [0.3, 0.4) is 0 Å². The maximum atomic E-state index is 4.75. The van der Waals surface area contributed by atoms with Crippen molar-refractivity contribution < 1.29 is 4.84 Å². The summed E-state index contributed by atoms with van der Waals surface area (Å²) in [6.07, 6.45) is 3.38. The average molecular weight is 193 g/mol. The molecule has 0 spiro atoms. The van der Waals surface area contributed by atoms with Crippen molar-refractivity contribution >= 4 is 11.2 Å². The first-order valence-electron chi connectivity index (χ1n) is 4.14. The molecule has 0 radical (unpaired) electrons. The van der Waals surface area contributed by atoms with Crippen molar-refractivity contribution in [2.45, 2.75) is 0 Å². The SMILES string of the molecule is CO/N=c1\c2ncn(C)c2ncn1C. The fourth-order valence-electron chi connectivity index (χ4n) is 1.29. The van der Waals surface area contributed by atoms with Gasteiger partial charge in [-0.1, -0.05) is 5.16 Å². The van der Waals surface area contributed by atoms with Crippen molar-refractivity contribution in [3.05, 3.63) is 18.1 Å². The van der Waals surface area contributed by atoms with Crippen molar-refractivity contribution in [3.63, 3.8) is 0 Å². The maximum absolute atomic E-state index is 4.75. The number of nitrogens with zero attached hydrogens (tertiary/aromatic N) is 5. The smallest absolute Gasteiger partial charge is 0.202 e. The van der Waals surface area contributed by atoms with Crippen molar-refractivity contribution in [1.82, 2.24) is 19.1 Å². The van der Waals surface area contributed by atoms with Crippen LogP contribution in [0.15, 0.2) is 17.8 Å². The fourth-order valence-corrected chi connectivity index (χ4v) is 1.29. The standard InChI is InChI=1S/C8H11N5O/c1-12-4-9-6-7(12)10-5-13(2)8(6)11-14-3/h4-5H,1-3H3/b11-8+. The number of imidazole rings is 1. The Hall–Kier alpha value is -1.85. The summed E-state index contributed by atoms with van der Waals surface area (Å²) >= 11 is 0. The Morgan fingerprint density at radius 3 is 2.64 bits per heavy atom. The fraction of sp³-hybridized carbons (Fsp3) is 0.375. The minimum Gasteiger partial charge on any atom is -0.397 e. The molecule has 0 amide bonds. The average Bonchev–Trinajstić information content (AvgIpc) is 2.53. The zero-order chi connectivity index (χ0) is 10.1. The minimum absolute atomic E-state index is 0.665. The lowest BCUT2D eigenvalue weighted by Gasteiger charge is -1.99. The van der Waals surface area contributed by atoms with Gasteiger partial charge in [0, 0.05) is 14.1 Å². The largest absolute Gasteiger partial charge is 0.397 e. The summed E-state index contributed by atoms with van der Waals surface area (Å²) in [7, 11) is 5.24. The molecule has 14 heavy (non-hydrogen) atoms. The maximum Gasteiger partial charge on any atom is 0.202 e. The molecule has 0 aromatic carbocycles. The Bertz CT molecular complexity index is 524. The predicted octanol–water partition coefficient (Wildman–Crippen LogP) is -0.231. The molecule has 0 fully saturated rings. The Kier molecular flexibility index (Phi) is 1.95. The highest BCUT2D eigenvalue weighted by Gasteiger charge is 2.04. The Balaban J connectivity index is 2.91. The summed E-state index contributed by atoms with van der Waals surface area (Å²) in [5.41, 5.74) is 2.19. The molecule has 2 heterocycles. The Morgan fingerprint density at radius 1 is 1.21 bits per heavy atom. The number of aromatic nitrogens is 4. The zero-order valence-corrected chi connectivity index (χ0v) is 8.30. The molecule has 0 aliphatic heterocycles. The second-order valence-corrected chi connectivity index (χ2v) is 2.98. The highest BCUT2D eigenvalue weighted by Crippen LogP contribution is 2.01. The van der Waals surface area contributed by atoms with Gasteiger partial charge in [0.25, 0.3) is 0 Å². The molecule has 0 aliphatic rings. The van der Waals surface area contributed by atoms with Gasteiger partial charge in [-0.2, -0.15) is 0 Å². The van der Waals surface area contributed by atoms with Gasteiger partial charge in [-0.3, -0.25) is 0 Å². The van der Waals surface area contributed by atoms with E-state index in [1.807, 2.05) is 18.7 Å². The van der Waals surface area contributed by atoms with Crippen LogP contribution in [0, 0.1) is 0 Å². The van der Waals surface area contributed by atoms with Crippen molar-refractivity contribution in [1.29, 1.82) is 0 Å². The van der Waals surface area contributed by atoms with Crippen molar-refractivity contribution in [2.24, 2.45) is 19.3 Å². The highest BCUT2D eigenvalue weighted by molar-refractivity contribution is 5.68. The molecule has 0 aliphatic carbocycles. The predicted molar refractivity (Wildman–Crippen MR) is 50.1 cm³/mol. The first kappa shape index (κ1) is 8.74. The quantitative estimate of drug-likeness (QED) is 0.588. The van der Waals surface area contributed by atoms with E-state index >= 15 is 0 Å². The number of hydrogen-bond acceptors (Lipinski definition) is 4. The first-order valence-corrected chi connectivity index (χ1v) is 4.14. The van der Waals surface area contributed by atoms with Crippen LogP contribution in [0.5, 0.6) is 0 Å². The van der Waals surface area contributed by atoms with Crippen LogP contribution >= 0.6 is 0 Å². The molecule has 6 heteroatoms. The van der Waals surface area contributed by atoms with Crippen molar-refractivity contribution in [2.75, 3.05) is 7.11 Å². The van der Waals surface area contributed by atoms with E-state index in [2.05, 4.69) is 15.1 Å². The zero-order valence-electron chi connectivity index (χ0n) is 8.30. The molecular formula is C8H11N5O. The monoisotopic (exact) mass is 193 g/mol. The van der Waals surface area contributed by atoms with E-state index in [0.717, 1.165) is 11.2 Å². The van der Waals surface area contributed by atoms with Crippen LogP contribution in [0.25, 0.3) is 11.2 Å². The minimum atomic E-state index is 0.665. The van der Waals surface area contributed by atoms with Crippen LogP contribution in [0.1, 0.15) is 0 Å². The van der Waals surface area contributed by atoms with Crippen LogP contribution in [-0.4, -0.2) is 26.2 Å². The lowest BCUT2D eigenvalue weighted by atomic mass is 10.5. The van der Waals surface area contributed by atoms with E-state index in [4.69, 9.17) is 4.84 Å². The van der Waals surface area contributed by atoms with Gasteiger partial charge in [0.15, 0.2) is 11.2 Å². The summed E-state index contributed by atoms with van der Waals surface area (Å²) < 4.78 is 3.60. The molecular weight excluding hydrogens is 182 g/mol. The van der Waals surface area contributed by atoms with Gasteiger partial charge in [-0.25, -0.2) is 9.97 Å². The van der Waals surface area contributed by atoms with E-state index in [1.165, 1.54) is 7.11 Å². The molecule has 2 rings (SSSR count). The molecule has 2 aromatic heterocycles. The second kappa shape index (κ2) is 3.13. The summed E-state index contributed by atoms with van der Waals surface area (Å²) in [6.45, 7) is 0. The Labute approximate surface area is 80.5 Å². The molecule has 0 unspecified atom stereocenters. The van der Waals surface area contributed by atoms with Crippen LogP contribution < -0.4 is 5.49 Å². The molecule has 6 nitrogen and oxygen atoms in total. The van der Waals surface area contributed by atoms with E-state index in [0.29, 0.717) is 5.49 Å². The number of aryl methyl sites for hydroxylation is 2. The third-order valence-electron chi connectivity index (χ3n) is 1.98. The van der Waals surface area contributed by atoms with Gasteiger partial charge >= 0.3 is 0 Å². The number of hydrogen-bond donors (Lipinski definition) is 0. The van der Waals surface area contributed by atoms with Gasteiger partial charge in [-0.15, -0.1) is 0 Å². The van der Waals surface area contributed by atoms with Crippen LogP contribution in [0.4, 0.5) is 0 Å². The molecule has 0 saturated carbocycles. The van der Waals surface area contributed by atoms with Crippen LogP contribution in [0.2, 0.25) is 0 Å². The van der Waals surface area contributed by atoms with E-state index in [1.54, 1.807) is 17.2 Å². The molecule has 74 valence electrons. The number of fused-ring (bicyclic) bond motifs is 1. The van der Waals surface area contributed by atoms with E-state index < -0.39 is 0 Å². The molecule has 0 atom stereocenters. The first-order chi connectivity index (χ1) is 6.74. The van der Waals surface area contributed by atoms with Crippen LogP contribution in [-0.2, 0) is 18.9 Å². The lowest BCUT2D eigenvalue weighted by Crippen LogP contribution is -2.19. The third-order valence-corrected chi connectivity index (χ3v) is 1.98. The molecule has 0 bridgehead atoms. The summed E-state index contributed by atoms with van der Waals surface area (Å²) in [5.74, 6) is 0. The van der Waals surface area contributed by atoms with Gasteiger partial charge < -0.3 is 14.0 Å². The lowest BCUT2D eigenvalue weighted by molar-refractivity contribution is 0.196. The van der Waals surface area contributed by atoms with E-state index in [9.17, 15) is 0 Å². The third kappa shape index (κ3) is 1.15. The second-order valence-electron chi connectivity index (χ2n) is 2.98. The summed E-state index contributed by atoms with van der Waals surface area (Å²) in [5, 5.41) is 3.89. The van der Waals surface area contributed by atoms with Gasteiger partial charge in [0.1, 0.15) is 7.11 Å². The number of rotatable bonds is 1. The van der Waals surface area contributed by atoms with Gasteiger partial charge in [0.05, 0.1) is 12.7 Å². The summed E-state index contributed by atoms with van der Waals surface area (Å²) in [6, 6.07) is 0. The van der Waals surface area contributed by atoms with Crippen molar-refractivity contribution in [3.8, 4) is 0 Å².